The molecule has 33 heavy (non-hydrogen) atoms. The fourth-order valence-corrected chi connectivity index (χ4v) is 3.95. The SMILES string of the molecule is COc1cccc(OC)c1OC1CCN(C(C)c2nc(N)nc(Nc3ccccc3)n2)CC1. The molecule has 3 N–H and O–H groups in total. The summed E-state index contributed by atoms with van der Waals surface area (Å²) in [7, 11) is 3.26. The molecule has 1 aliphatic heterocycles. The average Bonchev–Trinajstić information content (AvgIpc) is 2.84. The highest BCUT2D eigenvalue weighted by molar-refractivity contribution is 5.53. The van der Waals surface area contributed by atoms with Gasteiger partial charge >= 0.3 is 0 Å². The number of hydrogen-bond donors (Lipinski definition) is 2. The van der Waals surface area contributed by atoms with Gasteiger partial charge in [-0.1, -0.05) is 24.3 Å². The van der Waals surface area contributed by atoms with Crippen molar-refractivity contribution in [3.05, 3.63) is 54.4 Å². The number of rotatable bonds is 8. The Balaban J connectivity index is 1.40. The van der Waals surface area contributed by atoms with Crippen molar-refractivity contribution < 1.29 is 14.2 Å². The molecular weight excluding hydrogens is 420 g/mol. The summed E-state index contributed by atoms with van der Waals surface area (Å²) in [4.78, 5) is 15.6. The van der Waals surface area contributed by atoms with Crippen molar-refractivity contribution in [3.8, 4) is 17.2 Å². The van der Waals surface area contributed by atoms with Gasteiger partial charge in [-0.15, -0.1) is 0 Å². The molecule has 1 aromatic heterocycles. The summed E-state index contributed by atoms with van der Waals surface area (Å²) in [5.41, 5.74) is 6.87. The Labute approximate surface area is 193 Å². The fraction of sp³-hybridized carbons (Fsp3) is 0.375. The zero-order valence-electron chi connectivity index (χ0n) is 19.2. The van der Waals surface area contributed by atoms with E-state index < -0.39 is 0 Å². The number of nitrogen functional groups attached to an aromatic ring is 1. The maximum absolute atomic E-state index is 6.29. The first-order valence-electron chi connectivity index (χ1n) is 11.0. The van der Waals surface area contributed by atoms with Crippen LogP contribution in [0.25, 0.3) is 0 Å². The molecule has 0 radical (unpaired) electrons. The highest BCUT2D eigenvalue weighted by atomic mass is 16.5. The molecule has 2 heterocycles. The van der Waals surface area contributed by atoms with Crippen LogP contribution in [0.5, 0.6) is 17.2 Å². The molecular formula is C24H30N6O3. The van der Waals surface area contributed by atoms with Crippen molar-refractivity contribution in [2.24, 2.45) is 0 Å². The number of para-hydroxylation sites is 2. The number of hydrogen-bond acceptors (Lipinski definition) is 9. The van der Waals surface area contributed by atoms with Crippen LogP contribution in [-0.2, 0) is 0 Å². The Kier molecular flexibility index (Phi) is 7.09. The van der Waals surface area contributed by atoms with Crippen LogP contribution in [0.4, 0.5) is 17.6 Å². The van der Waals surface area contributed by atoms with Crippen LogP contribution in [-0.4, -0.2) is 53.3 Å². The molecule has 4 rings (SSSR count). The second kappa shape index (κ2) is 10.4. The van der Waals surface area contributed by atoms with E-state index in [1.165, 1.54) is 0 Å². The van der Waals surface area contributed by atoms with Gasteiger partial charge < -0.3 is 25.3 Å². The Morgan fingerprint density at radius 2 is 1.61 bits per heavy atom. The van der Waals surface area contributed by atoms with Crippen LogP contribution in [0.2, 0.25) is 0 Å². The van der Waals surface area contributed by atoms with Gasteiger partial charge in [0.1, 0.15) is 6.10 Å². The monoisotopic (exact) mass is 450 g/mol. The third-order valence-electron chi connectivity index (χ3n) is 5.77. The Hall–Kier alpha value is -3.59. The van der Waals surface area contributed by atoms with E-state index in [0.29, 0.717) is 29.0 Å². The molecule has 1 unspecified atom stereocenters. The first-order chi connectivity index (χ1) is 16.1. The van der Waals surface area contributed by atoms with Crippen molar-refractivity contribution in [1.29, 1.82) is 0 Å². The van der Waals surface area contributed by atoms with Crippen molar-refractivity contribution >= 4 is 17.6 Å². The van der Waals surface area contributed by atoms with E-state index in [-0.39, 0.29) is 18.1 Å². The van der Waals surface area contributed by atoms with Gasteiger partial charge in [0.15, 0.2) is 17.3 Å². The molecule has 174 valence electrons. The normalized spacial score (nSPS) is 15.6. The Morgan fingerprint density at radius 1 is 0.939 bits per heavy atom. The second-order valence-electron chi connectivity index (χ2n) is 7.89. The van der Waals surface area contributed by atoms with E-state index >= 15 is 0 Å². The third-order valence-corrected chi connectivity index (χ3v) is 5.77. The number of benzene rings is 2. The molecule has 1 atom stereocenters. The van der Waals surface area contributed by atoms with Crippen LogP contribution in [0.15, 0.2) is 48.5 Å². The lowest BCUT2D eigenvalue weighted by molar-refractivity contribution is 0.0737. The van der Waals surface area contributed by atoms with Gasteiger partial charge in [-0.25, -0.2) is 0 Å². The molecule has 3 aromatic rings. The number of methoxy groups -OCH3 is 2. The molecule has 9 heteroatoms. The minimum Gasteiger partial charge on any atom is -0.493 e. The fourth-order valence-electron chi connectivity index (χ4n) is 3.95. The quantitative estimate of drug-likeness (QED) is 0.529. The Morgan fingerprint density at radius 3 is 2.24 bits per heavy atom. The molecule has 0 bridgehead atoms. The van der Waals surface area contributed by atoms with E-state index in [0.717, 1.165) is 31.6 Å². The van der Waals surface area contributed by atoms with Gasteiger partial charge in [0, 0.05) is 18.8 Å². The first kappa shape index (κ1) is 22.6. The van der Waals surface area contributed by atoms with Crippen LogP contribution in [0.1, 0.15) is 31.6 Å². The maximum atomic E-state index is 6.29. The number of ether oxygens (including phenoxy) is 3. The summed E-state index contributed by atoms with van der Waals surface area (Å²) in [6.07, 6.45) is 1.79. The minimum absolute atomic E-state index is 0.00614. The van der Waals surface area contributed by atoms with Gasteiger partial charge in [-0.3, -0.25) is 4.90 Å². The van der Waals surface area contributed by atoms with E-state index in [2.05, 4.69) is 32.1 Å². The van der Waals surface area contributed by atoms with Crippen molar-refractivity contribution in [3.63, 3.8) is 0 Å². The summed E-state index contributed by atoms with van der Waals surface area (Å²) in [5, 5.41) is 3.19. The van der Waals surface area contributed by atoms with Crippen molar-refractivity contribution in [1.82, 2.24) is 19.9 Å². The number of nitrogens with zero attached hydrogens (tertiary/aromatic N) is 4. The number of aromatic nitrogens is 3. The molecule has 1 fully saturated rings. The predicted octanol–water partition coefficient (Wildman–Crippen LogP) is 3.82. The summed E-state index contributed by atoms with van der Waals surface area (Å²) < 4.78 is 17.2. The summed E-state index contributed by atoms with van der Waals surface area (Å²) in [5.74, 6) is 3.28. The largest absolute Gasteiger partial charge is 0.493 e. The van der Waals surface area contributed by atoms with Crippen LogP contribution >= 0.6 is 0 Å². The molecule has 0 saturated carbocycles. The third kappa shape index (κ3) is 5.43. The number of piperidine rings is 1. The smallest absolute Gasteiger partial charge is 0.232 e. The molecule has 1 aliphatic rings. The van der Waals surface area contributed by atoms with Crippen molar-refractivity contribution in [2.75, 3.05) is 38.4 Å². The Bertz CT molecular complexity index is 1040. The van der Waals surface area contributed by atoms with E-state index in [1.54, 1.807) is 14.2 Å². The molecule has 1 saturated heterocycles. The summed E-state index contributed by atoms with van der Waals surface area (Å²) >= 11 is 0. The highest BCUT2D eigenvalue weighted by Gasteiger charge is 2.28. The van der Waals surface area contributed by atoms with E-state index in [4.69, 9.17) is 19.9 Å². The zero-order chi connectivity index (χ0) is 23.2. The van der Waals surface area contributed by atoms with Gasteiger partial charge in [0.25, 0.3) is 0 Å². The first-order valence-corrected chi connectivity index (χ1v) is 11.0. The van der Waals surface area contributed by atoms with Gasteiger partial charge in [-0.05, 0) is 44.0 Å². The maximum Gasteiger partial charge on any atom is 0.232 e. The highest BCUT2D eigenvalue weighted by Crippen LogP contribution is 2.38. The van der Waals surface area contributed by atoms with Gasteiger partial charge in [0.2, 0.25) is 17.6 Å². The van der Waals surface area contributed by atoms with Gasteiger partial charge in [-0.2, -0.15) is 15.0 Å². The predicted molar refractivity (Wildman–Crippen MR) is 127 cm³/mol. The lowest BCUT2D eigenvalue weighted by Gasteiger charge is -2.35. The number of nitrogens with one attached hydrogen (secondary N) is 1. The number of nitrogens with two attached hydrogens (primary N) is 1. The topological polar surface area (TPSA) is 108 Å². The number of likely N-dealkylation sites (tertiary alicyclic amines) is 1. The average molecular weight is 451 g/mol. The van der Waals surface area contributed by atoms with Crippen molar-refractivity contribution in [2.45, 2.75) is 31.9 Å². The lowest BCUT2D eigenvalue weighted by atomic mass is 10.1. The van der Waals surface area contributed by atoms with Crippen LogP contribution in [0.3, 0.4) is 0 Å². The lowest BCUT2D eigenvalue weighted by Crippen LogP contribution is -2.40. The summed E-state index contributed by atoms with van der Waals surface area (Å²) in [6, 6.07) is 15.4. The van der Waals surface area contributed by atoms with Gasteiger partial charge in [0.05, 0.1) is 20.3 Å². The van der Waals surface area contributed by atoms with Crippen LogP contribution in [0, 0.1) is 0 Å². The zero-order valence-corrected chi connectivity index (χ0v) is 19.2. The van der Waals surface area contributed by atoms with E-state index in [1.807, 2.05) is 48.5 Å². The molecule has 0 spiro atoms. The standard InChI is InChI=1S/C24H30N6O3/c1-16(22-27-23(25)29-24(28-22)26-17-8-5-4-6-9-17)30-14-12-18(13-15-30)33-21-19(31-2)10-7-11-20(21)32-3/h4-11,16,18H,12-15H2,1-3H3,(H3,25,26,27,28,29). The molecule has 9 nitrogen and oxygen atoms in total. The summed E-state index contributed by atoms with van der Waals surface area (Å²) in [6.45, 7) is 3.78. The second-order valence-corrected chi connectivity index (χ2v) is 7.89. The molecule has 2 aromatic carbocycles. The van der Waals surface area contributed by atoms with E-state index in [9.17, 15) is 0 Å². The number of anilines is 3. The molecule has 0 aliphatic carbocycles. The minimum atomic E-state index is -0.00614. The molecule has 0 amide bonds. The van der Waals surface area contributed by atoms with Crippen LogP contribution < -0.4 is 25.3 Å².